The maximum atomic E-state index is 13.0. The van der Waals surface area contributed by atoms with Crippen LogP contribution in [0.2, 0.25) is 0 Å². The van der Waals surface area contributed by atoms with Gasteiger partial charge in [-0.05, 0) is 33.5 Å². The molecule has 0 bridgehead atoms. The first-order valence-electron chi connectivity index (χ1n) is 8.24. The number of benzene rings is 1. The summed E-state index contributed by atoms with van der Waals surface area (Å²) in [7, 11) is 3.97. The number of rotatable bonds is 4. The minimum Gasteiger partial charge on any atom is -0.382 e. The summed E-state index contributed by atoms with van der Waals surface area (Å²) in [5, 5.41) is 11.2. The normalized spacial score (nSPS) is 19.2. The van der Waals surface area contributed by atoms with Crippen LogP contribution in [0.1, 0.15) is 25.5 Å². The van der Waals surface area contributed by atoms with Crippen molar-refractivity contribution in [2.75, 3.05) is 20.6 Å². The number of hydrogen-bond acceptors (Lipinski definition) is 5. The molecule has 0 unspecified atom stereocenters. The van der Waals surface area contributed by atoms with Crippen molar-refractivity contribution >= 4 is 17.6 Å². The summed E-state index contributed by atoms with van der Waals surface area (Å²) in [6.07, 6.45) is 1.73. The Labute approximate surface area is 147 Å². The number of urea groups is 1. The van der Waals surface area contributed by atoms with Crippen molar-refractivity contribution in [2.24, 2.45) is 15.9 Å². The predicted octanol–water partition coefficient (Wildman–Crippen LogP) is 1.70. The van der Waals surface area contributed by atoms with E-state index in [1.807, 2.05) is 58.3 Å². The summed E-state index contributed by atoms with van der Waals surface area (Å²) in [6, 6.07) is 9.65. The zero-order valence-electron chi connectivity index (χ0n) is 15.0. The Bertz CT molecular complexity index is 763. The molecule has 3 N–H and O–H groups in total. The van der Waals surface area contributed by atoms with Crippen LogP contribution in [0, 0.1) is 0 Å². The second-order valence-corrected chi connectivity index (χ2v) is 7.08. The zero-order valence-corrected chi connectivity index (χ0v) is 15.0. The van der Waals surface area contributed by atoms with E-state index in [0.717, 1.165) is 16.8 Å². The molecular weight excluding hydrogens is 316 g/mol. The second-order valence-electron chi connectivity index (χ2n) is 7.08. The van der Waals surface area contributed by atoms with E-state index in [0.29, 0.717) is 12.4 Å². The predicted molar refractivity (Wildman–Crippen MR) is 99.3 cm³/mol. The first-order valence-corrected chi connectivity index (χ1v) is 8.24. The number of hydrogen-bond donors (Lipinski definition) is 2. The highest BCUT2D eigenvalue weighted by Gasteiger charge is 2.45. The first kappa shape index (κ1) is 17.2. The summed E-state index contributed by atoms with van der Waals surface area (Å²) in [5.74, 6) is 0.353. The van der Waals surface area contributed by atoms with Crippen LogP contribution < -0.4 is 11.1 Å². The second kappa shape index (κ2) is 6.33. The van der Waals surface area contributed by atoms with Crippen LogP contribution in [0.15, 0.2) is 52.3 Å². The average Bonchev–Trinajstić information content (AvgIpc) is 3.05. The molecule has 25 heavy (non-hydrogen) atoms. The van der Waals surface area contributed by atoms with Gasteiger partial charge in [-0.25, -0.2) is 4.79 Å². The molecule has 0 saturated carbocycles. The summed E-state index contributed by atoms with van der Waals surface area (Å²) in [5.41, 5.74) is 7.78. The van der Waals surface area contributed by atoms with Gasteiger partial charge in [0.05, 0.1) is 17.2 Å². The summed E-state index contributed by atoms with van der Waals surface area (Å²) >= 11 is 0. The maximum absolute atomic E-state index is 13.0. The Balaban J connectivity index is 1.82. The van der Waals surface area contributed by atoms with E-state index in [1.165, 1.54) is 0 Å². The molecule has 2 heterocycles. The number of amidine groups is 1. The topological polar surface area (TPSA) is 86.3 Å². The quantitative estimate of drug-likeness (QED) is 0.875. The highest BCUT2D eigenvalue weighted by molar-refractivity contribution is 6.30. The third kappa shape index (κ3) is 3.15. The SMILES string of the molecule is CN(C)C[C@@H](NC(=O)N1C=C2C(N)=NN=C2C1(C)C)c1ccccc1. The van der Waals surface area contributed by atoms with E-state index in [4.69, 9.17) is 5.73 Å². The third-order valence-electron chi connectivity index (χ3n) is 4.49. The molecule has 7 nitrogen and oxygen atoms in total. The molecule has 0 fully saturated rings. The average molecular weight is 340 g/mol. The summed E-state index contributed by atoms with van der Waals surface area (Å²) in [6.45, 7) is 4.57. The molecule has 132 valence electrons. The van der Waals surface area contributed by atoms with Crippen molar-refractivity contribution in [3.8, 4) is 0 Å². The van der Waals surface area contributed by atoms with E-state index < -0.39 is 5.54 Å². The third-order valence-corrected chi connectivity index (χ3v) is 4.49. The monoisotopic (exact) mass is 340 g/mol. The highest BCUT2D eigenvalue weighted by Crippen LogP contribution is 2.32. The minimum atomic E-state index is -0.594. The number of likely N-dealkylation sites (N-methyl/N-ethyl adjacent to an activating group) is 1. The Hall–Kier alpha value is -2.67. The molecule has 3 rings (SSSR count). The largest absolute Gasteiger partial charge is 0.382 e. The Morgan fingerprint density at radius 1 is 1.28 bits per heavy atom. The molecule has 0 saturated heterocycles. The van der Waals surface area contributed by atoms with Crippen LogP contribution in [0.5, 0.6) is 0 Å². The number of nitrogens with zero attached hydrogens (tertiary/aromatic N) is 4. The van der Waals surface area contributed by atoms with Gasteiger partial charge < -0.3 is 16.0 Å². The van der Waals surface area contributed by atoms with E-state index in [2.05, 4.69) is 20.4 Å². The van der Waals surface area contributed by atoms with Crippen molar-refractivity contribution in [3.05, 3.63) is 47.7 Å². The van der Waals surface area contributed by atoms with Crippen molar-refractivity contribution in [1.82, 2.24) is 15.1 Å². The lowest BCUT2D eigenvalue weighted by molar-refractivity contribution is 0.190. The Kier molecular flexibility index (Phi) is 4.34. The summed E-state index contributed by atoms with van der Waals surface area (Å²) in [4.78, 5) is 16.7. The number of nitrogens with two attached hydrogens (primary N) is 1. The molecular formula is C18H24N6O. The molecule has 0 radical (unpaired) electrons. The highest BCUT2D eigenvalue weighted by atomic mass is 16.2. The minimum absolute atomic E-state index is 0.119. The number of amides is 2. The molecule has 1 aromatic rings. The molecule has 2 aliphatic rings. The Morgan fingerprint density at radius 3 is 2.56 bits per heavy atom. The number of fused-ring (bicyclic) bond motifs is 1. The number of carbonyl (C=O) groups excluding carboxylic acids is 1. The van der Waals surface area contributed by atoms with Gasteiger partial charge in [0.15, 0.2) is 5.84 Å². The molecule has 7 heteroatoms. The van der Waals surface area contributed by atoms with Gasteiger partial charge in [0.25, 0.3) is 0 Å². The molecule has 1 aromatic carbocycles. The van der Waals surface area contributed by atoms with Gasteiger partial charge in [0.1, 0.15) is 5.71 Å². The van der Waals surface area contributed by atoms with E-state index >= 15 is 0 Å². The van der Waals surface area contributed by atoms with Gasteiger partial charge in [-0.2, -0.15) is 5.10 Å². The number of carbonyl (C=O) groups is 1. The lowest BCUT2D eigenvalue weighted by Crippen LogP contribution is -2.51. The van der Waals surface area contributed by atoms with Crippen LogP contribution in [-0.4, -0.2) is 53.6 Å². The van der Waals surface area contributed by atoms with Crippen molar-refractivity contribution in [3.63, 3.8) is 0 Å². The smallest absolute Gasteiger partial charge is 0.322 e. The molecule has 0 aromatic heterocycles. The Morgan fingerprint density at radius 2 is 1.96 bits per heavy atom. The van der Waals surface area contributed by atoms with Gasteiger partial charge in [0, 0.05) is 12.7 Å². The molecule has 0 aliphatic carbocycles. The zero-order chi connectivity index (χ0) is 18.2. The lowest BCUT2D eigenvalue weighted by atomic mass is 9.95. The van der Waals surface area contributed by atoms with Gasteiger partial charge in [0.2, 0.25) is 0 Å². The van der Waals surface area contributed by atoms with Gasteiger partial charge >= 0.3 is 6.03 Å². The van der Waals surface area contributed by atoms with Crippen molar-refractivity contribution < 1.29 is 4.79 Å². The van der Waals surface area contributed by atoms with E-state index in [1.54, 1.807) is 11.1 Å². The van der Waals surface area contributed by atoms with Gasteiger partial charge in [-0.3, -0.25) is 4.90 Å². The molecule has 0 spiro atoms. The van der Waals surface area contributed by atoms with Crippen molar-refractivity contribution in [2.45, 2.75) is 25.4 Å². The fourth-order valence-corrected chi connectivity index (χ4v) is 3.13. The number of nitrogens with one attached hydrogen (secondary N) is 1. The van der Waals surface area contributed by atoms with Crippen LogP contribution in [-0.2, 0) is 0 Å². The van der Waals surface area contributed by atoms with Crippen LogP contribution in [0.3, 0.4) is 0 Å². The van der Waals surface area contributed by atoms with Crippen LogP contribution in [0.4, 0.5) is 4.79 Å². The van der Waals surface area contributed by atoms with Crippen LogP contribution >= 0.6 is 0 Å². The maximum Gasteiger partial charge on any atom is 0.322 e. The van der Waals surface area contributed by atoms with E-state index in [9.17, 15) is 4.79 Å². The molecule has 1 atom stereocenters. The fourth-order valence-electron chi connectivity index (χ4n) is 3.13. The van der Waals surface area contributed by atoms with E-state index in [-0.39, 0.29) is 12.1 Å². The fraction of sp³-hybridized carbons (Fsp3) is 0.389. The standard InChI is InChI=1S/C18H24N6O/c1-18(2)15-13(16(19)22-21-15)10-24(18)17(25)20-14(11-23(3)4)12-8-6-5-7-9-12/h5-10,14H,11H2,1-4H3,(H2,19,22)(H,20,25)/t14-/m1/s1. The summed E-state index contributed by atoms with van der Waals surface area (Å²) < 4.78 is 0. The van der Waals surface area contributed by atoms with Gasteiger partial charge in [-0.15, -0.1) is 5.10 Å². The molecule has 2 amide bonds. The first-order chi connectivity index (χ1) is 11.8. The lowest BCUT2D eigenvalue weighted by Gasteiger charge is -2.33. The van der Waals surface area contributed by atoms with Crippen molar-refractivity contribution in [1.29, 1.82) is 0 Å². The van der Waals surface area contributed by atoms with Crippen LogP contribution in [0.25, 0.3) is 0 Å². The van der Waals surface area contributed by atoms with Gasteiger partial charge in [-0.1, -0.05) is 30.3 Å². The molecule has 2 aliphatic heterocycles.